The zero-order valence-electron chi connectivity index (χ0n) is 11.4. The van der Waals surface area contributed by atoms with Crippen LogP contribution in [0, 0.1) is 25.2 Å². The standard InChI is InChI=1S/C16H14N4/c1-9-3-4-11-13(8-19-16(11)12(9)7-17)15-6-5-14(18)10(2)20-15/h3-6,8,19H,18H2,1-2H3. The number of aromatic amines is 1. The Balaban J connectivity index is 2.28. The maximum Gasteiger partial charge on any atom is 0.102 e. The summed E-state index contributed by atoms with van der Waals surface area (Å²) in [6.07, 6.45) is 1.89. The third-order valence-electron chi connectivity index (χ3n) is 3.58. The largest absolute Gasteiger partial charge is 0.397 e. The number of nitriles is 1. The van der Waals surface area contributed by atoms with E-state index in [0.717, 1.165) is 33.4 Å². The van der Waals surface area contributed by atoms with Gasteiger partial charge in [0.2, 0.25) is 0 Å². The summed E-state index contributed by atoms with van der Waals surface area (Å²) < 4.78 is 0. The topological polar surface area (TPSA) is 78.5 Å². The lowest BCUT2D eigenvalue weighted by atomic mass is 10.0. The summed E-state index contributed by atoms with van der Waals surface area (Å²) in [5.74, 6) is 0. The van der Waals surface area contributed by atoms with E-state index in [2.05, 4.69) is 16.0 Å². The molecule has 0 amide bonds. The Morgan fingerprint density at radius 1 is 1.20 bits per heavy atom. The third-order valence-corrected chi connectivity index (χ3v) is 3.58. The van der Waals surface area contributed by atoms with E-state index in [0.29, 0.717) is 11.3 Å². The maximum atomic E-state index is 9.27. The smallest absolute Gasteiger partial charge is 0.102 e. The molecule has 0 fully saturated rings. The summed E-state index contributed by atoms with van der Waals surface area (Å²) in [5, 5.41) is 10.3. The summed E-state index contributed by atoms with van der Waals surface area (Å²) in [5.41, 5.74) is 11.7. The van der Waals surface area contributed by atoms with Crippen molar-refractivity contribution in [2.75, 3.05) is 5.73 Å². The molecular formula is C16H14N4. The Labute approximate surface area is 116 Å². The predicted molar refractivity (Wildman–Crippen MR) is 80.1 cm³/mol. The number of hydrogen-bond donors (Lipinski definition) is 2. The number of hydrogen-bond acceptors (Lipinski definition) is 3. The first-order valence-corrected chi connectivity index (χ1v) is 6.36. The van der Waals surface area contributed by atoms with Crippen molar-refractivity contribution in [3.05, 3.63) is 47.3 Å². The van der Waals surface area contributed by atoms with Gasteiger partial charge < -0.3 is 10.7 Å². The highest BCUT2D eigenvalue weighted by Crippen LogP contribution is 2.31. The fourth-order valence-corrected chi connectivity index (χ4v) is 2.38. The molecule has 0 aliphatic rings. The van der Waals surface area contributed by atoms with Crippen LogP contribution in [0.2, 0.25) is 0 Å². The van der Waals surface area contributed by atoms with E-state index < -0.39 is 0 Å². The third kappa shape index (κ3) is 1.72. The summed E-state index contributed by atoms with van der Waals surface area (Å²) in [6.45, 7) is 3.82. The number of nitrogen functional groups attached to an aromatic ring is 1. The zero-order chi connectivity index (χ0) is 14.3. The van der Waals surface area contributed by atoms with Gasteiger partial charge in [-0.2, -0.15) is 5.26 Å². The molecule has 4 nitrogen and oxygen atoms in total. The summed E-state index contributed by atoms with van der Waals surface area (Å²) >= 11 is 0. The SMILES string of the molecule is Cc1ccc2c(-c3ccc(N)c(C)n3)c[nH]c2c1C#N. The number of rotatable bonds is 1. The van der Waals surface area contributed by atoms with Crippen molar-refractivity contribution in [1.82, 2.24) is 9.97 Å². The molecule has 3 aromatic rings. The molecule has 0 aliphatic carbocycles. The molecule has 0 bridgehead atoms. The molecular weight excluding hydrogens is 248 g/mol. The molecule has 3 rings (SSSR count). The van der Waals surface area contributed by atoms with E-state index in [9.17, 15) is 5.26 Å². The van der Waals surface area contributed by atoms with Gasteiger partial charge in [0, 0.05) is 17.1 Å². The Kier molecular flexibility index (Phi) is 2.69. The molecule has 4 heteroatoms. The number of aromatic nitrogens is 2. The highest BCUT2D eigenvalue weighted by molar-refractivity contribution is 5.98. The lowest BCUT2D eigenvalue weighted by molar-refractivity contribution is 1.21. The van der Waals surface area contributed by atoms with Crippen LogP contribution in [0.15, 0.2) is 30.5 Å². The molecule has 0 radical (unpaired) electrons. The fourth-order valence-electron chi connectivity index (χ4n) is 2.38. The van der Waals surface area contributed by atoms with Gasteiger partial charge in [-0.15, -0.1) is 0 Å². The van der Waals surface area contributed by atoms with Gasteiger partial charge in [-0.05, 0) is 31.5 Å². The number of aryl methyl sites for hydroxylation is 2. The van der Waals surface area contributed by atoms with Crippen molar-refractivity contribution in [2.45, 2.75) is 13.8 Å². The van der Waals surface area contributed by atoms with Gasteiger partial charge in [0.05, 0.1) is 28.2 Å². The highest BCUT2D eigenvalue weighted by atomic mass is 14.8. The molecule has 1 aromatic carbocycles. The Hall–Kier alpha value is -2.80. The van der Waals surface area contributed by atoms with Crippen LogP contribution in [0.25, 0.3) is 22.2 Å². The van der Waals surface area contributed by atoms with Gasteiger partial charge in [0.15, 0.2) is 0 Å². The molecule has 0 saturated heterocycles. The average molecular weight is 262 g/mol. The predicted octanol–water partition coefficient (Wildman–Crippen LogP) is 3.30. The van der Waals surface area contributed by atoms with Gasteiger partial charge in [-0.3, -0.25) is 4.98 Å². The second-order valence-electron chi connectivity index (χ2n) is 4.87. The van der Waals surface area contributed by atoms with Crippen molar-refractivity contribution < 1.29 is 0 Å². The Morgan fingerprint density at radius 2 is 2.00 bits per heavy atom. The van der Waals surface area contributed by atoms with Crippen LogP contribution in [0.4, 0.5) is 5.69 Å². The number of pyridine rings is 1. The van der Waals surface area contributed by atoms with Crippen molar-refractivity contribution in [1.29, 1.82) is 5.26 Å². The summed E-state index contributed by atoms with van der Waals surface area (Å²) in [7, 11) is 0. The van der Waals surface area contributed by atoms with E-state index in [-0.39, 0.29) is 0 Å². The second kappa shape index (κ2) is 4.39. The van der Waals surface area contributed by atoms with E-state index in [4.69, 9.17) is 5.73 Å². The normalized spacial score (nSPS) is 10.7. The van der Waals surface area contributed by atoms with E-state index in [1.165, 1.54) is 0 Å². The second-order valence-corrected chi connectivity index (χ2v) is 4.87. The molecule has 0 spiro atoms. The number of nitrogens with zero attached hydrogens (tertiary/aromatic N) is 2. The van der Waals surface area contributed by atoms with E-state index in [1.807, 2.05) is 44.3 Å². The minimum absolute atomic E-state index is 0.681. The lowest BCUT2D eigenvalue weighted by Gasteiger charge is -2.04. The van der Waals surface area contributed by atoms with Crippen LogP contribution in [-0.4, -0.2) is 9.97 Å². The van der Waals surface area contributed by atoms with Gasteiger partial charge >= 0.3 is 0 Å². The molecule has 0 unspecified atom stereocenters. The van der Waals surface area contributed by atoms with Gasteiger partial charge in [0.25, 0.3) is 0 Å². The summed E-state index contributed by atoms with van der Waals surface area (Å²) in [4.78, 5) is 7.70. The number of H-pyrrole nitrogens is 1. The first kappa shape index (κ1) is 12.2. The van der Waals surface area contributed by atoms with Gasteiger partial charge in [-0.1, -0.05) is 12.1 Å². The average Bonchev–Trinajstić information content (AvgIpc) is 2.85. The molecule has 2 aromatic heterocycles. The molecule has 0 aliphatic heterocycles. The van der Waals surface area contributed by atoms with Gasteiger partial charge in [0.1, 0.15) is 6.07 Å². The highest BCUT2D eigenvalue weighted by Gasteiger charge is 2.12. The fraction of sp³-hybridized carbons (Fsp3) is 0.125. The molecule has 20 heavy (non-hydrogen) atoms. The molecule has 0 atom stereocenters. The van der Waals surface area contributed by atoms with Crippen LogP contribution in [0.1, 0.15) is 16.8 Å². The lowest BCUT2D eigenvalue weighted by Crippen LogP contribution is -1.94. The van der Waals surface area contributed by atoms with Crippen molar-refractivity contribution in [2.24, 2.45) is 0 Å². The number of nitrogens with two attached hydrogens (primary N) is 1. The number of anilines is 1. The van der Waals surface area contributed by atoms with Crippen LogP contribution in [0.5, 0.6) is 0 Å². The quantitative estimate of drug-likeness (QED) is 0.706. The number of benzene rings is 1. The minimum atomic E-state index is 0.681. The monoisotopic (exact) mass is 262 g/mol. The molecule has 3 N–H and O–H groups in total. The van der Waals surface area contributed by atoms with Crippen molar-refractivity contribution in [3.63, 3.8) is 0 Å². The minimum Gasteiger partial charge on any atom is -0.397 e. The Morgan fingerprint density at radius 3 is 2.70 bits per heavy atom. The van der Waals surface area contributed by atoms with Crippen LogP contribution >= 0.6 is 0 Å². The molecule has 0 saturated carbocycles. The van der Waals surface area contributed by atoms with Crippen LogP contribution in [0.3, 0.4) is 0 Å². The molecule has 2 heterocycles. The van der Waals surface area contributed by atoms with Crippen LogP contribution in [-0.2, 0) is 0 Å². The van der Waals surface area contributed by atoms with Crippen molar-refractivity contribution >= 4 is 16.6 Å². The first-order chi connectivity index (χ1) is 9.61. The number of fused-ring (bicyclic) bond motifs is 1. The van der Waals surface area contributed by atoms with E-state index >= 15 is 0 Å². The first-order valence-electron chi connectivity index (χ1n) is 6.36. The maximum absolute atomic E-state index is 9.27. The van der Waals surface area contributed by atoms with Crippen molar-refractivity contribution in [3.8, 4) is 17.3 Å². The van der Waals surface area contributed by atoms with Crippen LogP contribution < -0.4 is 5.73 Å². The summed E-state index contributed by atoms with van der Waals surface area (Å²) in [6, 6.07) is 9.99. The number of nitrogens with one attached hydrogen (secondary N) is 1. The zero-order valence-corrected chi connectivity index (χ0v) is 11.4. The van der Waals surface area contributed by atoms with E-state index in [1.54, 1.807) is 0 Å². The molecule has 98 valence electrons. The Bertz CT molecular complexity index is 853. The van der Waals surface area contributed by atoms with Gasteiger partial charge in [-0.25, -0.2) is 0 Å².